The number of hydrogen-bond acceptors (Lipinski definition) is 3. The van der Waals surface area contributed by atoms with E-state index in [0.29, 0.717) is 19.6 Å². The molecule has 1 aliphatic rings. The Hall–Kier alpha value is -0.620. The van der Waals surface area contributed by atoms with Crippen molar-refractivity contribution < 1.29 is 13.2 Å². The lowest BCUT2D eigenvalue weighted by Crippen LogP contribution is -2.38. The molecule has 1 fully saturated rings. The average molecular weight is 250 g/mol. The van der Waals surface area contributed by atoms with Crippen molar-refractivity contribution in [3.05, 3.63) is 16.6 Å². The van der Waals surface area contributed by atoms with E-state index in [9.17, 15) is 13.2 Å². The van der Waals surface area contributed by atoms with Crippen LogP contribution in [-0.2, 0) is 6.54 Å². The van der Waals surface area contributed by atoms with Crippen LogP contribution in [0, 0.1) is 5.92 Å². The predicted octanol–water partition coefficient (Wildman–Crippen LogP) is 2.92. The Morgan fingerprint density at radius 3 is 2.56 bits per heavy atom. The number of thiazole rings is 1. The zero-order chi connectivity index (χ0) is 11.6. The fourth-order valence-corrected chi connectivity index (χ4v) is 2.60. The number of nitrogens with zero attached hydrogens (tertiary/aromatic N) is 2. The minimum atomic E-state index is -4.02. The van der Waals surface area contributed by atoms with Gasteiger partial charge in [-0.15, -0.1) is 11.3 Å². The van der Waals surface area contributed by atoms with Crippen molar-refractivity contribution in [2.45, 2.75) is 25.6 Å². The summed E-state index contributed by atoms with van der Waals surface area (Å²) in [6.07, 6.45) is -1.86. The first kappa shape index (κ1) is 11.9. The smallest absolute Gasteiger partial charge is 0.297 e. The number of halogens is 3. The maximum absolute atomic E-state index is 12.4. The van der Waals surface area contributed by atoms with Gasteiger partial charge in [0, 0.05) is 11.6 Å². The average Bonchev–Trinajstić information content (AvgIpc) is 2.70. The maximum atomic E-state index is 12.4. The third kappa shape index (κ3) is 2.95. The van der Waals surface area contributed by atoms with Gasteiger partial charge in [0.25, 0.3) is 0 Å². The molecule has 0 atom stereocenters. The molecule has 2 rings (SSSR count). The molecule has 1 aliphatic heterocycles. The minimum absolute atomic E-state index is 0.217. The summed E-state index contributed by atoms with van der Waals surface area (Å²) in [6, 6.07) is 0. The Balaban J connectivity index is 1.82. The molecule has 0 amide bonds. The maximum Gasteiger partial charge on any atom is 0.391 e. The standard InChI is InChI=1S/C10H13F3N2S/c11-10(12,13)8-1-4-15(5-2-8)7-9-14-3-6-16-9/h3,6,8H,1-2,4-5,7H2. The first-order valence-electron chi connectivity index (χ1n) is 5.23. The van der Waals surface area contributed by atoms with E-state index in [1.165, 1.54) is 0 Å². The largest absolute Gasteiger partial charge is 0.391 e. The Bertz CT molecular complexity index is 315. The summed E-state index contributed by atoms with van der Waals surface area (Å²) >= 11 is 1.55. The van der Waals surface area contributed by atoms with Crippen molar-refractivity contribution in [1.29, 1.82) is 0 Å². The molecule has 16 heavy (non-hydrogen) atoms. The zero-order valence-electron chi connectivity index (χ0n) is 8.70. The summed E-state index contributed by atoms with van der Waals surface area (Å²) in [4.78, 5) is 6.18. The highest BCUT2D eigenvalue weighted by Gasteiger charge is 2.40. The Kier molecular flexibility index (Phi) is 3.49. The van der Waals surface area contributed by atoms with Gasteiger partial charge in [-0.05, 0) is 25.9 Å². The van der Waals surface area contributed by atoms with Crippen molar-refractivity contribution in [3.8, 4) is 0 Å². The van der Waals surface area contributed by atoms with E-state index in [-0.39, 0.29) is 12.8 Å². The molecule has 1 aromatic heterocycles. The summed E-state index contributed by atoms with van der Waals surface area (Å²) in [5, 5.41) is 2.86. The van der Waals surface area contributed by atoms with Gasteiger partial charge in [0.05, 0.1) is 12.5 Å². The van der Waals surface area contributed by atoms with E-state index in [0.717, 1.165) is 5.01 Å². The lowest BCUT2D eigenvalue weighted by atomic mass is 9.96. The molecule has 0 spiro atoms. The summed E-state index contributed by atoms with van der Waals surface area (Å²) < 4.78 is 37.3. The van der Waals surface area contributed by atoms with Crippen LogP contribution in [0.5, 0.6) is 0 Å². The molecule has 0 N–H and O–H groups in total. The molecule has 2 nitrogen and oxygen atoms in total. The Labute approximate surface area is 96.1 Å². The topological polar surface area (TPSA) is 16.1 Å². The molecule has 0 unspecified atom stereocenters. The van der Waals surface area contributed by atoms with Crippen molar-refractivity contribution in [3.63, 3.8) is 0 Å². The molecule has 0 aromatic carbocycles. The number of rotatable bonds is 2. The molecule has 0 aliphatic carbocycles. The normalized spacial score (nSPS) is 20.2. The lowest BCUT2D eigenvalue weighted by molar-refractivity contribution is -0.185. The number of hydrogen-bond donors (Lipinski definition) is 0. The Morgan fingerprint density at radius 1 is 1.38 bits per heavy atom. The molecule has 1 saturated heterocycles. The molecule has 1 aromatic rings. The third-order valence-corrected chi connectivity index (χ3v) is 3.66. The second-order valence-corrected chi connectivity index (χ2v) is 5.00. The van der Waals surface area contributed by atoms with Gasteiger partial charge >= 0.3 is 6.18 Å². The molecular weight excluding hydrogens is 237 g/mol. The zero-order valence-corrected chi connectivity index (χ0v) is 9.52. The van der Waals surface area contributed by atoms with Crippen molar-refractivity contribution in [1.82, 2.24) is 9.88 Å². The van der Waals surface area contributed by atoms with Crippen LogP contribution in [0.15, 0.2) is 11.6 Å². The highest BCUT2D eigenvalue weighted by atomic mass is 32.1. The molecule has 6 heteroatoms. The predicted molar refractivity (Wildman–Crippen MR) is 56.2 cm³/mol. The van der Waals surface area contributed by atoms with E-state index >= 15 is 0 Å². The van der Waals surface area contributed by atoms with Gasteiger partial charge in [0.2, 0.25) is 0 Å². The van der Waals surface area contributed by atoms with E-state index in [1.54, 1.807) is 17.5 Å². The summed E-state index contributed by atoms with van der Waals surface area (Å²) in [5.74, 6) is -1.11. The highest BCUT2D eigenvalue weighted by Crippen LogP contribution is 2.34. The fraction of sp³-hybridized carbons (Fsp3) is 0.700. The highest BCUT2D eigenvalue weighted by molar-refractivity contribution is 7.09. The number of likely N-dealkylation sites (tertiary alicyclic amines) is 1. The quantitative estimate of drug-likeness (QED) is 0.802. The van der Waals surface area contributed by atoms with Crippen LogP contribution in [0.25, 0.3) is 0 Å². The van der Waals surface area contributed by atoms with Crippen LogP contribution in [0.2, 0.25) is 0 Å². The SMILES string of the molecule is FC(F)(F)C1CCN(Cc2nccs2)CC1. The number of aromatic nitrogens is 1. The van der Waals surface area contributed by atoms with Crippen molar-refractivity contribution in [2.75, 3.05) is 13.1 Å². The fourth-order valence-electron chi connectivity index (χ4n) is 1.94. The van der Waals surface area contributed by atoms with Crippen LogP contribution < -0.4 is 0 Å². The minimum Gasteiger partial charge on any atom is -0.297 e. The van der Waals surface area contributed by atoms with Gasteiger partial charge in [-0.2, -0.15) is 13.2 Å². The van der Waals surface area contributed by atoms with Crippen LogP contribution in [0.4, 0.5) is 13.2 Å². The molecule has 2 heterocycles. The monoisotopic (exact) mass is 250 g/mol. The van der Waals surface area contributed by atoms with Crippen LogP contribution in [-0.4, -0.2) is 29.1 Å². The van der Waals surface area contributed by atoms with Crippen molar-refractivity contribution >= 4 is 11.3 Å². The van der Waals surface area contributed by atoms with Gasteiger partial charge in [-0.3, -0.25) is 4.90 Å². The van der Waals surface area contributed by atoms with Gasteiger partial charge in [-0.1, -0.05) is 0 Å². The van der Waals surface area contributed by atoms with Crippen LogP contribution in [0.1, 0.15) is 17.8 Å². The summed E-state index contributed by atoms with van der Waals surface area (Å²) in [5.41, 5.74) is 0. The third-order valence-electron chi connectivity index (χ3n) is 2.89. The van der Waals surface area contributed by atoms with E-state index in [1.807, 2.05) is 10.3 Å². The molecule has 90 valence electrons. The molecule has 0 saturated carbocycles. The van der Waals surface area contributed by atoms with Crippen molar-refractivity contribution in [2.24, 2.45) is 5.92 Å². The summed E-state index contributed by atoms with van der Waals surface area (Å²) in [7, 11) is 0. The van der Waals surface area contributed by atoms with Crippen LogP contribution in [0.3, 0.4) is 0 Å². The van der Waals surface area contributed by atoms with E-state index in [2.05, 4.69) is 4.98 Å². The van der Waals surface area contributed by atoms with Gasteiger partial charge in [0.1, 0.15) is 5.01 Å². The summed E-state index contributed by atoms with van der Waals surface area (Å²) in [6.45, 7) is 1.72. The van der Waals surface area contributed by atoms with Gasteiger partial charge in [-0.25, -0.2) is 4.98 Å². The number of piperidine rings is 1. The van der Waals surface area contributed by atoms with Crippen LogP contribution >= 0.6 is 11.3 Å². The second kappa shape index (κ2) is 4.71. The van der Waals surface area contributed by atoms with Gasteiger partial charge < -0.3 is 0 Å². The lowest BCUT2D eigenvalue weighted by Gasteiger charge is -2.32. The first-order chi connectivity index (χ1) is 7.55. The van der Waals surface area contributed by atoms with Gasteiger partial charge in [0.15, 0.2) is 0 Å². The second-order valence-electron chi connectivity index (χ2n) is 4.02. The van der Waals surface area contributed by atoms with E-state index < -0.39 is 12.1 Å². The molecule has 0 radical (unpaired) electrons. The van der Waals surface area contributed by atoms with E-state index in [4.69, 9.17) is 0 Å². The number of alkyl halides is 3. The molecular formula is C10H13F3N2S. The molecule has 0 bridgehead atoms. The first-order valence-corrected chi connectivity index (χ1v) is 6.11. The Morgan fingerprint density at radius 2 is 2.06 bits per heavy atom.